The van der Waals surface area contributed by atoms with Gasteiger partial charge in [-0.05, 0) is 93.8 Å². The Morgan fingerprint density at radius 1 is 0.810 bits per heavy atom. The van der Waals surface area contributed by atoms with Gasteiger partial charge in [0.05, 0.1) is 0 Å². The lowest BCUT2D eigenvalue weighted by Crippen LogP contribution is -2.50. The molecule has 42 heavy (non-hydrogen) atoms. The Labute approximate surface area is 253 Å². The number of aryl methyl sites for hydroxylation is 3. The number of unbranched alkanes of at least 4 members (excludes halogenated alkanes) is 3. The second kappa shape index (κ2) is 18.3. The number of carboxylic acid groups (broad SMARTS) is 2. The number of amides is 1. The molecule has 2 aromatic rings. The number of anilines is 2. The number of aliphatic carboxylic acids is 2. The number of nitrogens with one attached hydrogen (secondary N) is 2. The summed E-state index contributed by atoms with van der Waals surface area (Å²) in [5, 5.41) is 26.1. The lowest BCUT2D eigenvalue weighted by molar-refractivity contribution is -0.175. The molecular formula is C31H44ClN3O7. The first-order valence-corrected chi connectivity index (χ1v) is 14.6. The predicted octanol–water partition coefficient (Wildman–Crippen LogP) is 5.14. The fraction of sp³-hybridized carbons (Fsp3) is 0.516. The van der Waals surface area contributed by atoms with Crippen molar-refractivity contribution in [3.63, 3.8) is 0 Å². The highest BCUT2D eigenvalue weighted by Crippen LogP contribution is 2.20. The van der Waals surface area contributed by atoms with Crippen LogP contribution in [0.25, 0.3) is 0 Å². The van der Waals surface area contributed by atoms with Crippen LogP contribution >= 0.6 is 11.6 Å². The number of carbonyl (C=O) groups excluding carboxylic acids is 1. The van der Waals surface area contributed by atoms with Gasteiger partial charge in [-0.2, -0.15) is 0 Å². The molecule has 0 fully saturated rings. The molecule has 4 N–H and O–H groups in total. The number of hydrogen-bond donors (Lipinski definition) is 4. The first-order valence-electron chi connectivity index (χ1n) is 14.2. The number of halogens is 1. The van der Waals surface area contributed by atoms with Crippen molar-refractivity contribution < 1.29 is 34.1 Å². The lowest BCUT2D eigenvalue weighted by Gasteiger charge is -2.27. The van der Waals surface area contributed by atoms with Crippen LogP contribution in [0.15, 0.2) is 36.4 Å². The van der Waals surface area contributed by atoms with Crippen molar-refractivity contribution in [2.24, 2.45) is 0 Å². The van der Waals surface area contributed by atoms with Gasteiger partial charge in [-0.25, -0.2) is 9.59 Å². The van der Waals surface area contributed by atoms with Crippen LogP contribution in [-0.4, -0.2) is 85.1 Å². The van der Waals surface area contributed by atoms with Gasteiger partial charge in [-0.15, -0.1) is 0 Å². The number of ether oxygens (including phenoxy) is 2. The third-order valence-electron chi connectivity index (χ3n) is 6.90. The van der Waals surface area contributed by atoms with Gasteiger partial charge in [0.25, 0.3) is 5.91 Å². The van der Waals surface area contributed by atoms with Crippen molar-refractivity contribution in [2.75, 3.05) is 50.5 Å². The Bertz CT molecular complexity index is 1180. The molecule has 232 valence electrons. The topological polar surface area (TPSA) is 137 Å². The predicted molar refractivity (Wildman–Crippen MR) is 165 cm³/mol. The Balaban J connectivity index is 1.83. The highest BCUT2D eigenvalue weighted by atomic mass is 35.5. The SMILES string of the molecule is Cc1ccc(NCCCCOC(C(=O)N(C)CCCCCNc2ccc(C)c(Cl)c2)C(OCC(=O)O)C(=O)O)cc1C. The maximum absolute atomic E-state index is 13.2. The van der Waals surface area contributed by atoms with Crippen molar-refractivity contribution in [3.8, 4) is 0 Å². The molecule has 1 amide bonds. The lowest BCUT2D eigenvalue weighted by atomic mass is 10.1. The number of carbonyl (C=O) groups is 3. The van der Waals surface area contributed by atoms with Crippen LogP contribution in [0, 0.1) is 20.8 Å². The largest absolute Gasteiger partial charge is 0.480 e. The summed E-state index contributed by atoms with van der Waals surface area (Å²) < 4.78 is 10.8. The van der Waals surface area contributed by atoms with Crippen LogP contribution < -0.4 is 10.6 Å². The summed E-state index contributed by atoms with van der Waals surface area (Å²) in [5.41, 5.74) is 5.38. The van der Waals surface area contributed by atoms with Crippen molar-refractivity contribution >= 4 is 40.8 Å². The van der Waals surface area contributed by atoms with Gasteiger partial charge >= 0.3 is 11.9 Å². The number of benzene rings is 2. The highest BCUT2D eigenvalue weighted by molar-refractivity contribution is 6.31. The van der Waals surface area contributed by atoms with Crippen LogP contribution in [0.4, 0.5) is 11.4 Å². The Kier molecular flexibility index (Phi) is 15.1. The molecule has 0 heterocycles. The number of nitrogens with zero attached hydrogens (tertiary/aromatic N) is 1. The van der Waals surface area contributed by atoms with E-state index in [1.807, 2.05) is 38.1 Å². The maximum Gasteiger partial charge on any atom is 0.336 e. The maximum atomic E-state index is 13.2. The second-order valence-corrected chi connectivity index (χ2v) is 10.8. The first kappa shape index (κ1) is 34.9. The summed E-state index contributed by atoms with van der Waals surface area (Å²) >= 11 is 6.16. The molecule has 10 nitrogen and oxygen atoms in total. The molecule has 0 aromatic heterocycles. The monoisotopic (exact) mass is 605 g/mol. The van der Waals surface area contributed by atoms with E-state index in [9.17, 15) is 19.5 Å². The van der Waals surface area contributed by atoms with Crippen molar-refractivity contribution in [2.45, 2.75) is 65.1 Å². The first-order chi connectivity index (χ1) is 20.0. The Morgan fingerprint density at radius 2 is 1.43 bits per heavy atom. The Hall–Kier alpha value is -3.34. The second-order valence-electron chi connectivity index (χ2n) is 10.4. The summed E-state index contributed by atoms with van der Waals surface area (Å²) in [6, 6.07) is 11.9. The molecule has 0 aliphatic carbocycles. The zero-order chi connectivity index (χ0) is 31.1. The molecule has 0 bridgehead atoms. The molecular weight excluding hydrogens is 562 g/mol. The van der Waals surface area contributed by atoms with E-state index in [0.717, 1.165) is 42.7 Å². The van der Waals surface area contributed by atoms with E-state index in [4.69, 9.17) is 26.2 Å². The van der Waals surface area contributed by atoms with Crippen LogP contribution in [0.2, 0.25) is 5.02 Å². The van der Waals surface area contributed by atoms with Crippen molar-refractivity contribution in [1.82, 2.24) is 4.90 Å². The molecule has 11 heteroatoms. The summed E-state index contributed by atoms with van der Waals surface area (Å²) in [4.78, 5) is 37.6. The smallest absolute Gasteiger partial charge is 0.336 e. The third kappa shape index (κ3) is 12.3. The van der Waals surface area contributed by atoms with Crippen molar-refractivity contribution in [3.05, 3.63) is 58.1 Å². The zero-order valence-corrected chi connectivity index (χ0v) is 25.7. The van der Waals surface area contributed by atoms with Crippen molar-refractivity contribution in [1.29, 1.82) is 0 Å². The van der Waals surface area contributed by atoms with Gasteiger partial charge in [-0.1, -0.05) is 23.7 Å². The number of rotatable bonds is 20. The minimum Gasteiger partial charge on any atom is -0.480 e. The molecule has 2 unspecified atom stereocenters. The molecule has 2 aromatic carbocycles. The normalized spacial score (nSPS) is 12.4. The molecule has 0 spiro atoms. The van der Waals surface area contributed by atoms with Crippen LogP contribution in [0.5, 0.6) is 0 Å². The fourth-order valence-electron chi connectivity index (χ4n) is 4.17. The fourth-order valence-corrected chi connectivity index (χ4v) is 4.35. The van der Waals surface area contributed by atoms with E-state index in [1.165, 1.54) is 16.0 Å². The van der Waals surface area contributed by atoms with Crippen LogP contribution in [0.1, 0.15) is 48.8 Å². The summed E-state index contributed by atoms with van der Waals surface area (Å²) in [7, 11) is 1.58. The van der Waals surface area contributed by atoms with E-state index in [1.54, 1.807) is 7.05 Å². The highest BCUT2D eigenvalue weighted by Gasteiger charge is 2.37. The van der Waals surface area contributed by atoms with E-state index < -0.39 is 36.7 Å². The van der Waals surface area contributed by atoms with E-state index in [2.05, 4.69) is 29.7 Å². The molecule has 0 radical (unpaired) electrons. The van der Waals surface area contributed by atoms with Gasteiger partial charge in [0.2, 0.25) is 0 Å². The van der Waals surface area contributed by atoms with Gasteiger partial charge in [-0.3, -0.25) is 4.79 Å². The summed E-state index contributed by atoms with van der Waals surface area (Å²) in [6.45, 7) is 7.12. The van der Waals surface area contributed by atoms with E-state index >= 15 is 0 Å². The van der Waals surface area contributed by atoms with E-state index in [-0.39, 0.29) is 6.61 Å². The van der Waals surface area contributed by atoms with Gasteiger partial charge in [0, 0.05) is 49.7 Å². The molecule has 0 saturated carbocycles. The summed E-state index contributed by atoms with van der Waals surface area (Å²) in [6.07, 6.45) is 0.478. The summed E-state index contributed by atoms with van der Waals surface area (Å²) in [5.74, 6) is -3.35. The quantitative estimate of drug-likeness (QED) is 0.151. The number of hydrogen-bond acceptors (Lipinski definition) is 7. The van der Waals surface area contributed by atoms with Gasteiger partial charge in [0.1, 0.15) is 6.61 Å². The van der Waals surface area contributed by atoms with Gasteiger partial charge in [0.15, 0.2) is 12.2 Å². The molecule has 2 atom stereocenters. The number of likely N-dealkylation sites (N-methyl/N-ethyl adjacent to an activating group) is 1. The zero-order valence-electron chi connectivity index (χ0n) is 25.0. The number of carboxylic acids is 2. The Morgan fingerprint density at radius 3 is 2.02 bits per heavy atom. The average Bonchev–Trinajstić information content (AvgIpc) is 2.94. The van der Waals surface area contributed by atoms with E-state index in [0.29, 0.717) is 31.0 Å². The third-order valence-corrected chi connectivity index (χ3v) is 7.31. The van der Waals surface area contributed by atoms with Crippen LogP contribution in [0.3, 0.4) is 0 Å². The van der Waals surface area contributed by atoms with Crippen LogP contribution in [-0.2, 0) is 23.9 Å². The average molecular weight is 606 g/mol. The minimum absolute atomic E-state index is 0.119. The standard InChI is InChI=1S/C31H44ClN3O7/c1-21-10-12-24(18-23(21)3)33-15-7-9-17-41-28(29(31(39)40)42-20-27(36)37)30(38)35(4)16-8-5-6-14-34-25-13-11-22(2)26(32)19-25/h10-13,18-19,28-29,33-34H,5-9,14-17,20H2,1-4H3,(H,36,37)(H,39,40). The molecule has 2 rings (SSSR count). The molecule has 0 saturated heterocycles. The van der Waals surface area contributed by atoms with Gasteiger partial charge < -0.3 is 35.2 Å². The minimum atomic E-state index is -1.74. The molecule has 0 aliphatic rings. The molecule has 0 aliphatic heterocycles.